The topological polar surface area (TPSA) is 58.2 Å². The highest BCUT2D eigenvalue weighted by Crippen LogP contribution is 1.99. The Morgan fingerprint density at radius 3 is 2.35 bits per heavy atom. The first-order valence-corrected chi connectivity index (χ1v) is 7.30. The molecule has 0 spiro atoms. The lowest BCUT2D eigenvalue weighted by Gasteiger charge is -2.14. The van der Waals surface area contributed by atoms with Gasteiger partial charge in [0.1, 0.15) is 0 Å². The molecule has 0 aliphatic carbocycles. The van der Waals surface area contributed by atoms with E-state index in [-0.39, 0.29) is 17.9 Å². The summed E-state index contributed by atoms with van der Waals surface area (Å²) in [5.74, 6) is -0.0290. The number of carbonyl (C=O) groups is 2. The first-order chi connectivity index (χ1) is 9.67. The maximum absolute atomic E-state index is 11.7. The summed E-state index contributed by atoms with van der Waals surface area (Å²) in [4.78, 5) is 23.4. The van der Waals surface area contributed by atoms with Gasteiger partial charge in [0.2, 0.25) is 5.91 Å². The lowest BCUT2D eigenvalue weighted by atomic mass is 10.1. The summed E-state index contributed by atoms with van der Waals surface area (Å²) < 4.78 is 0. The van der Waals surface area contributed by atoms with Crippen LogP contribution < -0.4 is 10.6 Å². The van der Waals surface area contributed by atoms with Gasteiger partial charge in [-0.05, 0) is 31.4 Å². The van der Waals surface area contributed by atoms with Gasteiger partial charge in [-0.1, -0.05) is 32.0 Å². The van der Waals surface area contributed by atoms with Crippen molar-refractivity contribution in [3.8, 4) is 0 Å². The van der Waals surface area contributed by atoms with E-state index >= 15 is 0 Å². The molecule has 4 heteroatoms. The maximum atomic E-state index is 11.7. The molecule has 0 aromatic heterocycles. The van der Waals surface area contributed by atoms with Gasteiger partial charge in [0, 0.05) is 24.6 Å². The van der Waals surface area contributed by atoms with Crippen LogP contribution in [-0.4, -0.2) is 24.4 Å². The molecule has 4 nitrogen and oxygen atoms in total. The Morgan fingerprint density at radius 2 is 1.75 bits per heavy atom. The van der Waals surface area contributed by atoms with Crippen LogP contribution in [0.2, 0.25) is 0 Å². The fourth-order valence-corrected chi connectivity index (χ4v) is 1.94. The molecule has 0 aliphatic heterocycles. The lowest BCUT2D eigenvalue weighted by molar-refractivity contribution is -0.121. The summed E-state index contributed by atoms with van der Waals surface area (Å²) in [5, 5.41) is 5.80. The summed E-state index contributed by atoms with van der Waals surface area (Å²) >= 11 is 0. The Kier molecular flexibility index (Phi) is 7.40. The van der Waals surface area contributed by atoms with E-state index in [1.807, 2.05) is 18.2 Å². The molecule has 0 unspecified atom stereocenters. The van der Waals surface area contributed by atoms with Crippen molar-refractivity contribution in [1.82, 2.24) is 10.6 Å². The molecule has 0 aliphatic rings. The first kappa shape index (κ1) is 16.2. The van der Waals surface area contributed by atoms with Crippen LogP contribution in [0.25, 0.3) is 0 Å². The molecule has 0 saturated heterocycles. The third-order valence-electron chi connectivity index (χ3n) is 3.25. The Morgan fingerprint density at radius 1 is 1.10 bits per heavy atom. The fraction of sp³-hybridized carbons (Fsp3) is 0.500. The van der Waals surface area contributed by atoms with Gasteiger partial charge in [-0.3, -0.25) is 9.59 Å². The smallest absolute Gasteiger partial charge is 0.251 e. The Labute approximate surface area is 121 Å². The molecule has 110 valence electrons. The number of carbonyl (C=O) groups excluding carboxylic acids is 2. The molecule has 20 heavy (non-hydrogen) atoms. The van der Waals surface area contributed by atoms with E-state index in [1.165, 1.54) is 0 Å². The molecule has 0 bridgehead atoms. The molecule has 1 aromatic carbocycles. The number of nitrogens with one attached hydrogen (secondary N) is 2. The van der Waals surface area contributed by atoms with Gasteiger partial charge in [0.15, 0.2) is 0 Å². The first-order valence-electron chi connectivity index (χ1n) is 7.30. The van der Waals surface area contributed by atoms with Crippen LogP contribution in [0.15, 0.2) is 30.3 Å². The van der Waals surface area contributed by atoms with Gasteiger partial charge in [-0.2, -0.15) is 0 Å². The van der Waals surface area contributed by atoms with Crippen LogP contribution in [0.1, 0.15) is 49.9 Å². The monoisotopic (exact) mass is 276 g/mol. The minimum absolute atomic E-state index is 0.0626. The zero-order chi connectivity index (χ0) is 14.8. The van der Waals surface area contributed by atoms with E-state index in [9.17, 15) is 9.59 Å². The molecule has 0 fully saturated rings. The lowest BCUT2D eigenvalue weighted by Crippen LogP contribution is -2.34. The highest BCUT2D eigenvalue weighted by Gasteiger charge is 2.08. The molecule has 1 aromatic rings. The predicted molar refractivity (Wildman–Crippen MR) is 80.5 cm³/mol. The molecule has 2 N–H and O–H groups in total. The van der Waals surface area contributed by atoms with Crippen LogP contribution >= 0.6 is 0 Å². The maximum Gasteiger partial charge on any atom is 0.251 e. The summed E-state index contributed by atoms with van der Waals surface area (Å²) in [6, 6.07) is 9.35. The molecule has 2 amide bonds. The molecule has 0 radical (unpaired) electrons. The van der Waals surface area contributed by atoms with Gasteiger partial charge < -0.3 is 10.6 Å². The quantitative estimate of drug-likeness (QED) is 0.717. The van der Waals surface area contributed by atoms with Gasteiger partial charge in [0.25, 0.3) is 5.91 Å². The van der Waals surface area contributed by atoms with E-state index in [0.29, 0.717) is 24.9 Å². The number of hydrogen-bond acceptors (Lipinski definition) is 2. The van der Waals surface area contributed by atoms with Crippen molar-refractivity contribution in [3.05, 3.63) is 35.9 Å². The van der Waals surface area contributed by atoms with E-state index in [1.54, 1.807) is 12.1 Å². The van der Waals surface area contributed by atoms with E-state index < -0.39 is 0 Å². The number of benzene rings is 1. The van der Waals surface area contributed by atoms with Crippen LogP contribution in [0.5, 0.6) is 0 Å². The molecule has 0 atom stereocenters. The summed E-state index contributed by atoms with van der Waals surface area (Å²) in [7, 11) is 0. The Hall–Kier alpha value is -1.84. The third-order valence-corrected chi connectivity index (χ3v) is 3.25. The Balaban J connectivity index is 2.19. The van der Waals surface area contributed by atoms with Crippen molar-refractivity contribution in [2.45, 2.75) is 45.6 Å². The molecular weight excluding hydrogens is 252 g/mol. The van der Waals surface area contributed by atoms with Crippen molar-refractivity contribution in [3.63, 3.8) is 0 Å². The standard InChI is InChI=1S/C16H24N2O2/c1-3-14(4-2)18-15(19)11-8-12-17-16(20)13-9-6-5-7-10-13/h5-7,9-10,14H,3-4,8,11-12H2,1-2H3,(H,17,20)(H,18,19). The normalized spacial score (nSPS) is 10.3. The second kappa shape index (κ2) is 9.13. The van der Waals surface area contributed by atoms with Gasteiger partial charge >= 0.3 is 0 Å². The highest BCUT2D eigenvalue weighted by molar-refractivity contribution is 5.94. The van der Waals surface area contributed by atoms with Crippen LogP contribution in [0.4, 0.5) is 0 Å². The number of amides is 2. The van der Waals surface area contributed by atoms with Crippen molar-refractivity contribution in [2.75, 3.05) is 6.54 Å². The zero-order valence-corrected chi connectivity index (χ0v) is 12.3. The fourth-order valence-electron chi connectivity index (χ4n) is 1.94. The largest absolute Gasteiger partial charge is 0.353 e. The van der Waals surface area contributed by atoms with Crippen molar-refractivity contribution >= 4 is 11.8 Å². The van der Waals surface area contributed by atoms with Crippen molar-refractivity contribution in [2.24, 2.45) is 0 Å². The van der Waals surface area contributed by atoms with Gasteiger partial charge in [0.05, 0.1) is 0 Å². The van der Waals surface area contributed by atoms with Gasteiger partial charge in [-0.15, -0.1) is 0 Å². The highest BCUT2D eigenvalue weighted by atomic mass is 16.2. The number of hydrogen-bond donors (Lipinski definition) is 2. The van der Waals surface area contributed by atoms with E-state index in [2.05, 4.69) is 24.5 Å². The van der Waals surface area contributed by atoms with Crippen LogP contribution in [0.3, 0.4) is 0 Å². The van der Waals surface area contributed by atoms with Crippen LogP contribution in [-0.2, 0) is 4.79 Å². The van der Waals surface area contributed by atoms with E-state index in [4.69, 9.17) is 0 Å². The SMILES string of the molecule is CCC(CC)NC(=O)CCCNC(=O)c1ccccc1. The predicted octanol–water partition coefficient (Wildman–Crippen LogP) is 2.50. The number of rotatable bonds is 8. The minimum Gasteiger partial charge on any atom is -0.353 e. The second-order valence-electron chi connectivity index (χ2n) is 4.81. The Bertz CT molecular complexity index is 414. The molecular formula is C16H24N2O2. The van der Waals surface area contributed by atoms with E-state index in [0.717, 1.165) is 12.8 Å². The summed E-state index contributed by atoms with van der Waals surface area (Å²) in [6.07, 6.45) is 3.01. The minimum atomic E-state index is -0.0917. The summed E-state index contributed by atoms with van der Waals surface area (Å²) in [5.41, 5.74) is 0.647. The molecule has 0 heterocycles. The van der Waals surface area contributed by atoms with Crippen molar-refractivity contribution in [1.29, 1.82) is 0 Å². The summed E-state index contributed by atoms with van der Waals surface area (Å²) in [6.45, 7) is 4.65. The molecule has 0 saturated carbocycles. The average molecular weight is 276 g/mol. The van der Waals surface area contributed by atoms with Crippen molar-refractivity contribution < 1.29 is 9.59 Å². The third kappa shape index (κ3) is 5.87. The van der Waals surface area contributed by atoms with Crippen LogP contribution in [0, 0.1) is 0 Å². The van der Waals surface area contributed by atoms with Gasteiger partial charge in [-0.25, -0.2) is 0 Å². The second-order valence-corrected chi connectivity index (χ2v) is 4.81. The average Bonchev–Trinajstić information content (AvgIpc) is 2.49. The zero-order valence-electron chi connectivity index (χ0n) is 12.3. The molecule has 1 rings (SSSR count).